The molecule has 41 heavy (non-hydrogen) atoms. The van der Waals surface area contributed by atoms with Gasteiger partial charge in [-0.3, -0.25) is 0 Å². The van der Waals surface area contributed by atoms with Crippen LogP contribution in [0.5, 0.6) is 0 Å². The van der Waals surface area contributed by atoms with Crippen LogP contribution in [0.25, 0.3) is 22.4 Å². The molecule has 4 aromatic rings. The molecular weight excluding hydrogens is 565 g/mol. The normalized spacial score (nSPS) is 19.0. The molecule has 2 fully saturated rings. The molecule has 2 atom stereocenters. The van der Waals surface area contributed by atoms with Crippen molar-refractivity contribution in [3.63, 3.8) is 0 Å². The fraction of sp³-hybridized carbons (Fsp3) is 0.480. The SMILES string of the molecule is C[C@@H](n1c(CO[C@@H]2CCCCO2)nc2cnc(Nc3ccnc(-c4cnn(S(=O)(=O)C5CC5)c4)n3)cc21)C(F)(F)F. The smallest absolute Gasteiger partial charge is 0.353 e. The van der Waals surface area contributed by atoms with Crippen LogP contribution in [0, 0.1) is 0 Å². The Balaban J connectivity index is 1.27. The lowest BCUT2D eigenvalue weighted by atomic mass is 10.2. The molecule has 1 aliphatic carbocycles. The Labute approximate surface area is 233 Å². The Hall–Kier alpha value is -3.63. The van der Waals surface area contributed by atoms with E-state index in [2.05, 4.69) is 30.4 Å². The lowest BCUT2D eigenvalue weighted by molar-refractivity contribution is -0.175. The van der Waals surface area contributed by atoms with Crippen LogP contribution in [0.2, 0.25) is 0 Å². The van der Waals surface area contributed by atoms with E-state index >= 15 is 0 Å². The molecule has 218 valence electrons. The molecule has 16 heteroatoms. The number of rotatable bonds is 9. The van der Waals surface area contributed by atoms with Gasteiger partial charge in [-0.1, -0.05) is 0 Å². The molecule has 0 spiro atoms. The summed E-state index contributed by atoms with van der Waals surface area (Å²) in [5.74, 6) is 0.856. The highest BCUT2D eigenvalue weighted by atomic mass is 32.2. The van der Waals surface area contributed by atoms with Gasteiger partial charge in [-0.2, -0.15) is 22.4 Å². The van der Waals surface area contributed by atoms with E-state index in [1.165, 1.54) is 30.9 Å². The predicted octanol–water partition coefficient (Wildman–Crippen LogP) is 4.34. The van der Waals surface area contributed by atoms with E-state index in [1.807, 2.05) is 0 Å². The van der Waals surface area contributed by atoms with Gasteiger partial charge in [-0.25, -0.2) is 28.4 Å². The van der Waals surface area contributed by atoms with Crippen LogP contribution in [0.4, 0.5) is 24.8 Å². The average Bonchev–Trinajstić information content (AvgIpc) is 3.59. The predicted molar refractivity (Wildman–Crippen MR) is 141 cm³/mol. The fourth-order valence-electron chi connectivity index (χ4n) is 4.58. The van der Waals surface area contributed by atoms with Crippen molar-refractivity contribution >= 4 is 32.7 Å². The number of nitrogens with zero attached hydrogens (tertiary/aromatic N) is 7. The summed E-state index contributed by atoms with van der Waals surface area (Å²) in [5.41, 5.74) is 0.892. The highest BCUT2D eigenvalue weighted by Gasteiger charge is 2.40. The van der Waals surface area contributed by atoms with Crippen molar-refractivity contribution in [3.8, 4) is 11.4 Å². The first-order valence-corrected chi connectivity index (χ1v) is 14.7. The maximum Gasteiger partial charge on any atom is 0.408 e. The molecule has 1 saturated heterocycles. The first-order valence-electron chi connectivity index (χ1n) is 13.2. The molecule has 0 unspecified atom stereocenters. The van der Waals surface area contributed by atoms with Gasteiger partial charge < -0.3 is 19.4 Å². The number of fused-ring (bicyclic) bond motifs is 1. The van der Waals surface area contributed by atoms with Crippen molar-refractivity contribution in [2.45, 2.75) is 69.4 Å². The van der Waals surface area contributed by atoms with Crippen LogP contribution < -0.4 is 5.32 Å². The molecule has 0 aromatic carbocycles. The third-order valence-electron chi connectivity index (χ3n) is 6.98. The second-order valence-corrected chi connectivity index (χ2v) is 12.1. The van der Waals surface area contributed by atoms with E-state index in [9.17, 15) is 21.6 Å². The monoisotopic (exact) mass is 592 g/mol. The lowest BCUT2D eigenvalue weighted by Crippen LogP contribution is -2.27. The van der Waals surface area contributed by atoms with Crippen molar-refractivity contribution in [2.24, 2.45) is 0 Å². The first kappa shape index (κ1) is 27.5. The Kier molecular flexibility index (Phi) is 7.15. The molecule has 1 aliphatic heterocycles. The molecule has 12 nitrogen and oxygen atoms in total. The average molecular weight is 593 g/mol. The van der Waals surface area contributed by atoms with E-state index in [-0.39, 0.29) is 35.1 Å². The summed E-state index contributed by atoms with van der Waals surface area (Å²) in [6, 6.07) is 1.15. The number of ether oxygens (including phenoxy) is 2. The van der Waals surface area contributed by atoms with E-state index in [0.717, 1.165) is 28.4 Å². The van der Waals surface area contributed by atoms with Crippen LogP contribution in [-0.2, 0) is 26.1 Å². The molecule has 4 aromatic heterocycles. The van der Waals surface area contributed by atoms with Crippen LogP contribution in [0.15, 0.2) is 36.9 Å². The fourth-order valence-corrected chi connectivity index (χ4v) is 6.06. The maximum absolute atomic E-state index is 13.9. The summed E-state index contributed by atoms with van der Waals surface area (Å²) in [4.78, 5) is 17.3. The molecular formula is C25H27F3N8O4S. The Morgan fingerprint density at radius 3 is 2.71 bits per heavy atom. The minimum absolute atomic E-state index is 0.112. The van der Waals surface area contributed by atoms with Crippen molar-refractivity contribution in [1.29, 1.82) is 0 Å². The van der Waals surface area contributed by atoms with Gasteiger partial charge in [0.1, 0.15) is 35.6 Å². The van der Waals surface area contributed by atoms with Gasteiger partial charge in [-0.05, 0) is 45.1 Å². The number of imidazole rings is 1. The van der Waals surface area contributed by atoms with E-state index < -0.39 is 33.8 Å². The summed E-state index contributed by atoms with van der Waals surface area (Å²) in [7, 11) is -3.54. The van der Waals surface area contributed by atoms with E-state index in [1.54, 1.807) is 6.07 Å². The van der Waals surface area contributed by atoms with Crippen LogP contribution >= 0.6 is 0 Å². The zero-order chi connectivity index (χ0) is 28.8. The van der Waals surface area contributed by atoms with Gasteiger partial charge in [0.25, 0.3) is 10.0 Å². The van der Waals surface area contributed by atoms with Crippen molar-refractivity contribution in [2.75, 3.05) is 11.9 Å². The van der Waals surface area contributed by atoms with Gasteiger partial charge in [0.15, 0.2) is 12.1 Å². The summed E-state index contributed by atoms with van der Waals surface area (Å²) in [5, 5.41) is 6.53. The van der Waals surface area contributed by atoms with Crippen molar-refractivity contribution in [3.05, 3.63) is 42.7 Å². The number of halogens is 3. The summed E-state index contributed by atoms with van der Waals surface area (Å²) >= 11 is 0. The van der Waals surface area contributed by atoms with Gasteiger partial charge in [-0.15, -0.1) is 0 Å². The molecule has 0 radical (unpaired) electrons. The number of alkyl halides is 3. The third kappa shape index (κ3) is 5.76. The molecule has 0 amide bonds. The zero-order valence-corrected chi connectivity index (χ0v) is 22.8. The van der Waals surface area contributed by atoms with Crippen LogP contribution in [0.3, 0.4) is 0 Å². The zero-order valence-electron chi connectivity index (χ0n) is 22.0. The summed E-state index contributed by atoms with van der Waals surface area (Å²) < 4.78 is 79.9. The highest BCUT2D eigenvalue weighted by Crippen LogP contribution is 2.35. The number of hydrogen-bond donors (Lipinski definition) is 1. The minimum atomic E-state index is -4.53. The van der Waals surface area contributed by atoms with Gasteiger partial charge in [0.2, 0.25) is 0 Å². The summed E-state index contributed by atoms with van der Waals surface area (Å²) in [6.07, 6.45) is 4.28. The van der Waals surface area contributed by atoms with Crippen molar-refractivity contribution < 1.29 is 31.1 Å². The standard InChI is InChI=1S/C25H27F3N8O4S/c1-15(25(26,27)28)36-19-10-21(30-12-18(19)32-22(36)14-40-23-4-2-3-9-39-23)33-20-7-8-29-24(34-20)16-11-31-35(13-16)41(37,38)17-5-6-17/h7-8,10-13,15,17,23H,2-6,9,14H2,1H3,(H,29,30,33,34)/t15-,23-/m1/s1. The molecule has 6 rings (SSSR count). The first-order chi connectivity index (χ1) is 19.6. The number of anilines is 2. The molecule has 1 saturated carbocycles. The third-order valence-corrected chi connectivity index (χ3v) is 9.02. The number of hydrogen-bond acceptors (Lipinski definition) is 10. The van der Waals surface area contributed by atoms with Crippen molar-refractivity contribution in [1.82, 2.24) is 33.7 Å². The Morgan fingerprint density at radius 2 is 1.98 bits per heavy atom. The minimum Gasteiger partial charge on any atom is -0.353 e. The quantitative estimate of drug-likeness (QED) is 0.299. The van der Waals surface area contributed by atoms with Crippen LogP contribution in [-0.4, -0.2) is 66.4 Å². The Bertz CT molecular complexity index is 1660. The van der Waals surface area contributed by atoms with E-state index in [4.69, 9.17) is 9.47 Å². The number of nitrogens with one attached hydrogen (secondary N) is 1. The number of aromatic nitrogens is 7. The maximum atomic E-state index is 13.9. The largest absolute Gasteiger partial charge is 0.408 e. The Morgan fingerprint density at radius 1 is 1.15 bits per heavy atom. The second kappa shape index (κ2) is 10.6. The summed E-state index contributed by atoms with van der Waals surface area (Å²) in [6.45, 7) is 1.46. The van der Waals surface area contributed by atoms with Gasteiger partial charge in [0, 0.05) is 18.9 Å². The molecule has 5 heterocycles. The molecule has 0 bridgehead atoms. The van der Waals surface area contributed by atoms with Crippen LogP contribution in [0.1, 0.15) is 50.9 Å². The van der Waals surface area contributed by atoms with Gasteiger partial charge in [0.05, 0.1) is 34.9 Å². The number of pyridine rings is 1. The lowest BCUT2D eigenvalue weighted by Gasteiger charge is -2.24. The van der Waals surface area contributed by atoms with Gasteiger partial charge >= 0.3 is 6.18 Å². The topological polar surface area (TPSA) is 139 Å². The molecule has 1 N–H and O–H groups in total. The van der Waals surface area contributed by atoms with E-state index in [0.29, 0.717) is 37.3 Å². The highest BCUT2D eigenvalue weighted by molar-refractivity contribution is 7.90. The molecule has 2 aliphatic rings. The second-order valence-electron chi connectivity index (χ2n) is 10.0.